The first-order valence-corrected chi connectivity index (χ1v) is 15.1. The van der Waals surface area contributed by atoms with Gasteiger partial charge in [0.05, 0.1) is 28.6 Å². The third kappa shape index (κ3) is 6.90. The number of morpholine rings is 1. The predicted molar refractivity (Wildman–Crippen MR) is 167 cm³/mol. The quantitative estimate of drug-likeness (QED) is 0.198. The summed E-state index contributed by atoms with van der Waals surface area (Å²) in [5, 5.41) is 4.51. The van der Waals surface area contributed by atoms with E-state index in [1.54, 1.807) is 48.5 Å². The largest absolute Gasteiger partial charge is 0.487 e. The minimum Gasteiger partial charge on any atom is -0.487 e. The molecule has 1 aliphatic heterocycles. The lowest BCUT2D eigenvalue weighted by atomic mass is 10.0. The molecule has 0 bridgehead atoms. The van der Waals surface area contributed by atoms with Gasteiger partial charge >= 0.3 is 0 Å². The van der Waals surface area contributed by atoms with Gasteiger partial charge in [-0.2, -0.15) is 4.31 Å². The van der Waals surface area contributed by atoms with Crippen LogP contribution in [0.5, 0.6) is 5.75 Å². The molecular weight excluding hydrogens is 614 g/mol. The average Bonchev–Trinajstić information content (AvgIpc) is 3.02. The zero-order valence-electron chi connectivity index (χ0n) is 22.7. The molecule has 0 unspecified atom stereocenters. The van der Waals surface area contributed by atoms with Crippen LogP contribution in [-0.4, -0.2) is 49.0 Å². The van der Waals surface area contributed by atoms with Crippen LogP contribution in [0.25, 0.3) is 22.0 Å². The number of nitrogens with one attached hydrogen (secondary N) is 1. The Balaban J connectivity index is 0.00000368. The maximum absolute atomic E-state index is 13.2. The summed E-state index contributed by atoms with van der Waals surface area (Å²) in [7, 11) is -3.57. The van der Waals surface area contributed by atoms with Gasteiger partial charge in [-0.25, -0.2) is 22.8 Å². The van der Waals surface area contributed by atoms with Gasteiger partial charge in [-0.15, -0.1) is 12.4 Å². The number of halogens is 3. The molecule has 5 aromatic rings. The van der Waals surface area contributed by atoms with Crippen molar-refractivity contribution in [2.75, 3.05) is 31.6 Å². The number of aromatic nitrogens is 2. The van der Waals surface area contributed by atoms with Gasteiger partial charge in [0, 0.05) is 24.2 Å². The van der Waals surface area contributed by atoms with Crippen molar-refractivity contribution in [2.24, 2.45) is 0 Å². The summed E-state index contributed by atoms with van der Waals surface area (Å²) in [6.07, 6.45) is 1.48. The van der Waals surface area contributed by atoms with Crippen LogP contribution in [0.4, 0.5) is 15.9 Å². The number of hydrogen-bond donors (Lipinski definition) is 1. The maximum atomic E-state index is 13.2. The van der Waals surface area contributed by atoms with Crippen LogP contribution in [0.15, 0.2) is 96.2 Å². The fraction of sp³-hybridized carbons (Fsp3) is 0.161. The topological polar surface area (TPSA) is 93.7 Å². The van der Waals surface area contributed by atoms with Crippen LogP contribution in [0.2, 0.25) is 5.02 Å². The lowest BCUT2D eigenvalue weighted by Crippen LogP contribution is -2.40. The van der Waals surface area contributed by atoms with Crippen molar-refractivity contribution in [3.05, 3.63) is 108 Å². The Morgan fingerprint density at radius 2 is 1.63 bits per heavy atom. The minimum atomic E-state index is -3.57. The standard InChI is InChI=1S/C31H26ClFN4O4S.ClH/c32-28-18-25(8-12-30(28)41-19-21-1-6-24(33)7-2-21)36-31-27-17-23(5-11-29(27)34-20-35-31)22-3-9-26(10-4-22)42(38,39)37-13-15-40-16-14-37;/h1-12,17-18,20H,13-16,19H2,(H,34,35,36);1H. The van der Waals surface area contributed by atoms with Crippen molar-refractivity contribution in [3.8, 4) is 16.9 Å². The molecule has 0 aliphatic carbocycles. The van der Waals surface area contributed by atoms with Gasteiger partial charge < -0.3 is 14.8 Å². The van der Waals surface area contributed by atoms with Crippen molar-refractivity contribution in [2.45, 2.75) is 11.5 Å². The van der Waals surface area contributed by atoms with Gasteiger partial charge in [0.1, 0.15) is 30.3 Å². The minimum absolute atomic E-state index is 0. The van der Waals surface area contributed by atoms with E-state index < -0.39 is 10.0 Å². The Labute approximate surface area is 259 Å². The summed E-state index contributed by atoms with van der Waals surface area (Å²) >= 11 is 6.50. The molecule has 0 radical (unpaired) electrons. The molecule has 0 saturated carbocycles. The number of nitrogens with zero attached hydrogens (tertiary/aromatic N) is 3. The summed E-state index contributed by atoms with van der Waals surface area (Å²) in [5.41, 5.74) is 4.02. The van der Waals surface area contributed by atoms with E-state index in [0.29, 0.717) is 48.6 Å². The molecule has 43 heavy (non-hydrogen) atoms. The zero-order valence-corrected chi connectivity index (χ0v) is 25.1. The van der Waals surface area contributed by atoms with Crippen molar-refractivity contribution in [3.63, 3.8) is 0 Å². The van der Waals surface area contributed by atoms with Crippen LogP contribution in [0, 0.1) is 5.82 Å². The molecule has 0 spiro atoms. The van der Waals surface area contributed by atoms with Gasteiger partial charge in [-0.3, -0.25) is 0 Å². The summed E-state index contributed by atoms with van der Waals surface area (Å²) in [4.78, 5) is 9.09. The number of ether oxygens (including phenoxy) is 2. The maximum Gasteiger partial charge on any atom is 0.243 e. The number of fused-ring (bicyclic) bond motifs is 1. The third-order valence-electron chi connectivity index (χ3n) is 6.93. The molecule has 6 rings (SSSR count). The van der Waals surface area contributed by atoms with Crippen LogP contribution >= 0.6 is 24.0 Å². The Hall–Kier alpha value is -3.80. The van der Waals surface area contributed by atoms with Crippen molar-refractivity contribution < 1.29 is 22.3 Å². The molecule has 1 N–H and O–H groups in total. The first kappa shape index (κ1) is 30.7. The number of hydrogen-bond acceptors (Lipinski definition) is 7. The number of rotatable bonds is 8. The van der Waals surface area contributed by atoms with Gasteiger partial charge in [0.25, 0.3) is 0 Å². The van der Waals surface area contributed by atoms with Crippen molar-refractivity contribution >= 4 is 56.4 Å². The van der Waals surface area contributed by atoms with Gasteiger partial charge in [0.2, 0.25) is 10.0 Å². The predicted octanol–water partition coefficient (Wildman–Crippen LogP) is 6.85. The van der Waals surface area contributed by atoms with Crippen LogP contribution in [-0.2, 0) is 21.4 Å². The highest BCUT2D eigenvalue weighted by atomic mass is 35.5. The number of benzene rings is 4. The molecule has 2 heterocycles. The smallest absolute Gasteiger partial charge is 0.243 e. The molecule has 222 valence electrons. The van der Waals surface area contributed by atoms with E-state index in [1.165, 1.54) is 22.8 Å². The first-order chi connectivity index (χ1) is 20.4. The Kier molecular flexibility index (Phi) is 9.43. The summed E-state index contributed by atoms with van der Waals surface area (Å²) in [5.74, 6) is 0.786. The lowest BCUT2D eigenvalue weighted by molar-refractivity contribution is 0.0730. The van der Waals surface area contributed by atoms with E-state index in [4.69, 9.17) is 21.1 Å². The highest BCUT2D eigenvalue weighted by molar-refractivity contribution is 7.89. The summed E-state index contributed by atoms with van der Waals surface area (Å²) in [6.45, 7) is 1.75. The third-order valence-corrected chi connectivity index (χ3v) is 9.14. The molecule has 12 heteroatoms. The molecule has 1 aliphatic rings. The summed E-state index contributed by atoms with van der Waals surface area (Å²) < 4.78 is 51.7. The van der Waals surface area contributed by atoms with Gasteiger partial charge in [-0.05, 0) is 71.3 Å². The first-order valence-electron chi connectivity index (χ1n) is 13.2. The Bertz CT molecular complexity index is 1840. The second kappa shape index (κ2) is 13.2. The normalized spacial score (nSPS) is 13.8. The molecule has 1 aromatic heterocycles. The second-order valence-electron chi connectivity index (χ2n) is 9.68. The van der Waals surface area contributed by atoms with E-state index in [0.717, 1.165) is 27.6 Å². The average molecular weight is 642 g/mol. The van der Waals surface area contributed by atoms with Crippen molar-refractivity contribution in [1.29, 1.82) is 0 Å². The lowest BCUT2D eigenvalue weighted by Gasteiger charge is -2.26. The fourth-order valence-corrected chi connectivity index (χ4v) is 6.31. The number of sulfonamides is 1. The molecule has 0 amide bonds. The molecule has 1 saturated heterocycles. The molecule has 1 fully saturated rings. The Morgan fingerprint density at radius 1 is 0.907 bits per heavy atom. The highest BCUT2D eigenvalue weighted by Gasteiger charge is 2.26. The number of anilines is 2. The van der Waals surface area contributed by atoms with Crippen molar-refractivity contribution in [1.82, 2.24) is 14.3 Å². The van der Waals surface area contributed by atoms with Gasteiger partial charge in [0.15, 0.2) is 0 Å². The van der Waals surface area contributed by atoms with Crippen LogP contribution in [0.3, 0.4) is 0 Å². The van der Waals surface area contributed by atoms with E-state index in [-0.39, 0.29) is 29.7 Å². The monoisotopic (exact) mass is 640 g/mol. The molecular formula is C31H27Cl2FN4O4S. The molecule has 0 atom stereocenters. The molecule has 4 aromatic carbocycles. The Morgan fingerprint density at radius 3 is 2.35 bits per heavy atom. The van der Waals surface area contributed by atoms with E-state index in [1.807, 2.05) is 24.3 Å². The van der Waals surface area contributed by atoms with E-state index >= 15 is 0 Å². The zero-order chi connectivity index (χ0) is 29.1. The fourth-order valence-electron chi connectivity index (χ4n) is 4.67. The van der Waals surface area contributed by atoms with Crippen LogP contribution in [0.1, 0.15) is 5.56 Å². The SMILES string of the molecule is Cl.O=S(=O)(c1ccc(-c2ccc3ncnc(Nc4ccc(OCc5ccc(F)cc5)c(Cl)c4)c3c2)cc1)N1CCOCC1. The summed E-state index contributed by atoms with van der Waals surface area (Å²) in [6, 6.07) is 24.1. The highest BCUT2D eigenvalue weighted by Crippen LogP contribution is 2.33. The van der Waals surface area contributed by atoms with E-state index in [2.05, 4.69) is 15.3 Å². The second-order valence-corrected chi connectivity index (χ2v) is 12.0. The van der Waals surface area contributed by atoms with Gasteiger partial charge in [-0.1, -0.05) is 41.9 Å². The van der Waals surface area contributed by atoms with Crippen LogP contribution < -0.4 is 10.1 Å². The molecule has 8 nitrogen and oxygen atoms in total. The van der Waals surface area contributed by atoms with E-state index in [9.17, 15) is 12.8 Å².